The lowest BCUT2D eigenvalue weighted by molar-refractivity contribution is -0.113. The third-order valence-corrected chi connectivity index (χ3v) is 4.57. The van der Waals surface area contributed by atoms with Gasteiger partial charge in [-0.2, -0.15) is 0 Å². The number of rotatable bonds is 5. The normalized spacial score (nSPS) is 11.7. The summed E-state index contributed by atoms with van der Waals surface area (Å²) >= 11 is 0. The van der Waals surface area contributed by atoms with E-state index >= 15 is 0 Å². The lowest BCUT2D eigenvalue weighted by Gasteiger charge is -2.08. The first kappa shape index (κ1) is 18.6. The molecule has 138 valence electrons. The van der Waals surface area contributed by atoms with E-state index in [1.807, 2.05) is 24.3 Å². The van der Waals surface area contributed by atoms with Crippen LogP contribution in [0.4, 0.5) is 5.69 Å². The molecule has 0 fully saturated rings. The molecule has 0 saturated heterocycles. The first-order valence-electron chi connectivity index (χ1n) is 8.15. The Kier molecular flexibility index (Phi) is 5.23. The van der Waals surface area contributed by atoms with Crippen molar-refractivity contribution in [2.45, 2.75) is 0 Å². The molecule has 0 aliphatic rings. The third-order valence-electron chi connectivity index (χ3n) is 3.78. The molecule has 1 heterocycles. The number of benzene rings is 2. The molecule has 7 heteroatoms. The molecule has 0 spiro atoms. The van der Waals surface area contributed by atoms with Crippen LogP contribution in [0.3, 0.4) is 0 Å². The number of amides is 1. The number of fused-ring (bicyclic) bond motifs is 1. The summed E-state index contributed by atoms with van der Waals surface area (Å²) in [6.07, 6.45) is 4.54. The highest BCUT2D eigenvalue weighted by Gasteiger charge is 2.12. The van der Waals surface area contributed by atoms with Crippen LogP contribution in [0.2, 0.25) is 0 Å². The number of aromatic hydroxyl groups is 1. The van der Waals surface area contributed by atoms with Crippen molar-refractivity contribution >= 4 is 44.5 Å². The monoisotopic (exact) mass is 382 g/mol. The van der Waals surface area contributed by atoms with E-state index in [-0.39, 0.29) is 5.75 Å². The van der Waals surface area contributed by atoms with Gasteiger partial charge in [0.15, 0.2) is 9.84 Å². The van der Waals surface area contributed by atoms with Crippen LogP contribution in [0, 0.1) is 0 Å². The fourth-order valence-electron chi connectivity index (χ4n) is 2.60. The Morgan fingerprint density at radius 3 is 2.63 bits per heavy atom. The first-order valence-corrected chi connectivity index (χ1v) is 10.2. The molecule has 0 aliphatic carbocycles. The molecule has 2 aromatic carbocycles. The molecule has 0 bridgehead atoms. The van der Waals surface area contributed by atoms with E-state index in [1.165, 1.54) is 0 Å². The van der Waals surface area contributed by atoms with Gasteiger partial charge in [-0.05, 0) is 29.8 Å². The molecular formula is C20H18N2O4S. The molecular weight excluding hydrogens is 364 g/mol. The molecule has 1 amide bonds. The molecule has 27 heavy (non-hydrogen) atoms. The van der Waals surface area contributed by atoms with Crippen molar-refractivity contribution < 1.29 is 18.3 Å². The number of hydrogen-bond acceptors (Lipinski definition) is 5. The zero-order valence-corrected chi connectivity index (χ0v) is 15.4. The minimum absolute atomic E-state index is 0.108. The third kappa shape index (κ3) is 4.92. The number of pyridine rings is 1. The maximum atomic E-state index is 11.9. The van der Waals surface area contributed by atoms with E-state index < -0.39 is 21.5 Å². The molecule has 0 aliphatic heterocycles. The van der Waals surface area contributed by atoms with Gasteiger partial charge in [0, 0.05) is 17.3 Å². The second kappa shape index (κ2) is 7.59. The predicted octanol–water partition coefficient (Wildman–Crippen LogP) is 3.09. The van der Waals surface area contributed by atoms with Crippen molar-refractivity contribution in [3.05, 3.63) is 65.9 Å². The first-order chi connectivity index (χ1) is 12.8. The van der Waals surface area contributed by atoms with Gasteiger partial charge in [0.1, 0.15) is 17.0 Å². The summed E-state index contributed by atoms with van der Waals surface area (Å²) < 4.78 is 22.5. The van der Waals surface area contributed by atoms with Gasteiger partial charge in [0.2, 0.25) is 5.91 Å². The number of phenolic OH excluding ortho intramolecular Hbond substituents is 1. The lowest BCUT2D eigenvalue weighted by atomic mass is 10.1. The number of phenols is 1. The average molecular weight is 382 g/mol. The molecule has 0 unspecified atom stereocenters. The van der Waals surface area contributed by atoms with Crippen molar-refractivity contribution in [3.8, 4) is 5.75 Å². The highest BCUT2D eigenvalue weighted by atomic mass is 32.2. The lowest BCUT2D eigenvalue weighted by Crippen LogP contribution is -2.22. The summed E-state index contributed by atoms with van der Waals surface area (Å²) in [6.45, 7) is 0. The Balaban J connectivity index is 1.85. The van der Waals surface area contributed by atoms with Gasteiger partial charge in [-0.1, -0.05) is 42.5 Å². The van der Waals surface area contributed by atoms with Gasteiger partial charge >= 0.3 is 0 Å². The summed E-state index contributed by atoms with van der Waals surface area (Å²) in [5.41, 5.74) is 2.36. The number of hydrogen-bond donors (Lipinski definition) is 2. The number of nitrogens with zero attached hydrogens (tertiary/aromatic N) is 1. The smallest absolute Gasteiger partial charge is 0.239 e. The van der Waals surface area contributed by atoms with E-state index in [4.69, 9.17) is 0 Å². The highest BCUT2D eigenvalue weighted by molar-refractivity contribution is 7.91. The molecule has 0 saturated carbocycles. The molecule has 3 rings (SSSR count). The van der Waals surface area contributed by atoms with E-state index in [0.717, 1.165) is 11.6 Å². The fraction of sp³-hybridized carbons (Fsp3) is 0.100. The van der Waals surface area contributed by atoms with Gasteiger partial charge in [0.05, 0.1) is 5.69 Å². The fourth-order valence-corrected chi connectivity index (χ4v) is 3.14. The highest BCUT2D eigenvalue weighted by Crippen LogP contribution is 2.23. The van der Waals surface area contributed by atoms with Crippen LogP contribution in [-0.4, -0.2) is 36.4 Å². The average Bonchev–Trinajstić information content (AvgIpc) is 2.60. The molecule has 3 aromatic rings. The molecule has 0 atom stereocenters. The number of anilines is 1. The number of carbonyl (C=O) groups is 1. The summed E-state index contributed by atoms with van der Waals surface area (Å²) in [5, 5.41) is 13.4. The van der Waals surface area contributed by atoms with Crippen LogP contribution >= 0.6 is 0 Å². The maximum Gasteiger partial charge on any atom is 0.239 e. The Bertz CT molecular complexity index is 1140. The Morgan fingerprint density at radius 2 is 1.85 bits per heavy atom. The minimum Gasteiger partial charge on any atom is -0.506 e. The second-order valence-electron chi connectivity index (χ2n) is 6.12. The number of para-hydroxylation sites is 2. The summed E-state index contributed by atoms with van der Waals surface area (Å²) in [7, 11) is -3.40. The van der Waals surface area contributed by atoms with Crippen molar-refractivity contribution in [2.24, 2.45) is 0 Å². The predicted molar refractivity (Wildman–Crippen MR) is 107 cm³/mol. The minimum atomic E-state index is -3.40. The van der Waals surface area contributed by atoms with Crippen LogP contribution < -0.4 is 5.32 Å². The zero-order chi connectivity index (χ0) is 19.4. The SMILES string of the molecule is CS(=O)(=O)CC(=O)Nc1ccccc1/C=C/c1ccc2cccc(O)c2n1. The van der Waals surface area contributed by atoms with Gasteiger partial charge in [-0.25, -0.2) is 13.4 Å². The standard InChI is InChI=1S/C20H18N2O4S/c1-27(25,26)13-19(24)22-17-7-3-2-5-14(17)9-11-16-12-10-15-6-4-8-18(23)20(15)21-16/h2-12,23H,13H2,1H3,(H,22,24)/b11-9+. The van der Waals surface area contributed by atoms with Crippen LogP contribution in [-0.2, 0) is 14.6 Å². The molecule has 6 nitrogen and oxygen atoms in total. The summed E-state index contributed by atoms with van der Waals surface area (Å²) in [4.78, 5) is 16.3. The van der Waals surface area contributed by atoms with Crippen LogP contribution in [0.25, 0.3) is 23.1 Å². The molecule has 2 N–H and O–H groups in total. The van der Waals surface area contributed by atoms with E-state index in [9.17, 15) is 18.3 Å². The van der Waals surface area contributed by atoms with Gasteiger partial charge in [-0.15, -0.1) is 0 Å². The van der Waals surface area contributed by atoms with Gasteiger partial charge in [0.25, 0.3) is 0 Å². The largest absolute Gasteiger partial charge is 0.506 e. The van der Waals surface area contributed by atoms with Crippen molar-refractivity contribution in [3.63, 3.8) is 0 Å². The Morgan fingerprint density at radius 1 is 1.07 bits per heavy atom. The summed E-state index contributed by atoms with van der Waals surface area (Å²) in [5.74, 6) is -1.06. The number of carbonyl (C=O) groups excluding carboxylic acids is 1. The topological polar surface area (TPSA) is 96.4 Å². The van der Waals surface area contributed by atoms with E-state index in [2.05, 4.69) is 10.3 Å². The van der Waals surface area contributed by atoms with E-state index in [1.54, 1.807) is 42.5 Å². The maximum absolute atomic E-state index is 11.9. The Labute approximate surface area is 157 Å². The Hall–Kier alpha value is -3.19. The number of aromatic nitrogens is 1. The van der Waals surface area contributed by atoms with Crippen LogP contribution in [0.1, 0.15) is 11.3 Å². The molecule has 1 aromatic heterocycles. The van der Waals surface area contributed by atoms with E-state index in [0.29, 0.717) is 22.5 Å². The van der Waals surface area contributed by atoms with Crippen LogP contribution in [0.15, 0.2) is 54.6 Å². The number of nitrogens with one attached hydrogen (secondary N) is 1. The van der Waals surface area contributed by atoms with Crippen molar-refractivity contribution in [1.82, 2.24) is 4.98 Å². The number of sulfone groups is 1. The van der Waals surface area contributed by atoms with Crippen molar-refractivity contribution in [2.75, 3.05) is 17.3 Å². The van der Waals surface area contributed by atoms with Crippen molar-refractivity contribution in [1.29, 1.82) is 0 Å². The summed E-state index contributed by atoms with van der Waals surface area (Å²) in [6, 6.07) is 15.9. The van der Waals surface area contributed by atoms with Crippen LogP contribution in [0.5, 0.6) is 5.75 Å². The molecule has 0 radical (unpaired) electrons. The van der Waals surface area contributed by atoms with Gasteiger partial charge in [-0.3, -0.25) is 4.79 Å². The van der Waals surface area contributed by atoms with Gasteiger partial charge < -0.3 is 10.4 Å². The quantitative estimate of drug-likeness (QED) is 0.707. The zero-order valence-electron chi connectivity index (χ0n) is 14.6. The second-order valence-corrected chi connectivity index (χ2v) is 8.26.